The summed E-state index contributed by atoms with van der Waals surface area (Å²) in [5, 5.41) is 8.80. The van der Waals surface area contributed by atoms with Crippen molar-refractivity contribution >= 4 is 5.97 Å². The van der Waals surface area contributed by atoms with Gasteiger partial charge in [-0.25, -0.2) is 0 Å². The van der Waals surface area contributed by atoms with E-state index in [2.05, 4.69) is 0 Å². The van der Waals surface area contributed by atoms with Gasteiger partial charge in [0, 0.05) is 12.5 Å². The Bertz CT molecular complexity index is 442. The highest BCUT2D eigenvalue weighted by Crippen LogP contribution is 2.35. The highest BCUT2D eigenvalue weighted by molar-refractivity contribution is 5.67. The molecule has 0 radical (unpaired) electrons. The molecule has 5 heteroatoms. The molecule has 0 saturated heterocycles. The van der Waals surface area contributed by atoms with Gasteiger partial charge >= 0.3 is 5.97 Å². The van der Waals surface area contributed by atoms with Gasteiger partial charge in [-0.05, 0) is 24.0 Å². The number of hydrogen-bond donors (Lipinski definition) is 1. The highest BCUT2D eigenvalue weighted by Gasteiger charge is 2.15. The minimum absolute atomic E-state index is 0.0181. The maximum atomic E-state index is 10.7. The quantitative estimate of drug-likeness (QED) is 0.822. The summed E-state index contributed by atoms with van der Waals surface area (Å²) in [6, 6.07) is 3.58. The van der Waals surface area contributed by atoms with E-state index in [0.29, 0.717) is 23.7 Å². The van der Waals surface area contributed by atoms with E-state index in [0.717, 1.165) is 5.56 Å². The van der Waals surface area contributed by atoms with Crippen LogP contribution in [-0.2, 0) is 11.2 Å². The van der Waals surface area contributed by atoms with Crippen molar-refractivity contribution in [3.05, 3.63) is 17.7 Å². The van der Waals surface area contributed by atoms with Gasteiger partial charge in [-0.15, -0.1) is 0 Å². The molecule has 1 atom stereocenters. The topological polar surface area (TPSA) is 65.0 Å². The monoisotopic (exact) mass is 268 g/mol. The molecule has 0 saturated carbocycles. The van der Waals surface area contributed by atoms with E-state index in [1.165, 1.54) is 0 Å². The molecule has 5 nitrogen and oxygen atoms in total. The van der Waals surface area contributed by atoms with E-state index in [1.54, 1.807) is 27.4 Å². The van der Waals surface area contributed by atoms with Crippen molar-refractivity contribution in [2.75, 3.05) is 21.3 Å². The van der Waals surface area contributed by atoms with Gasteiger partial charge in [-0.3, -0.25) is 4.79 Å². The number of ether oxygens (including phenoxy) is 3. The number of rotatable bonds is 7. The number of carboxylic acid groups (broad SMARTS) is 1. The van der Waals surface area contributed by atoms with Gasteiger partial charge in [0.2, 0.25) is 0 Å². The molecule has 0 spiro atoms. The van der Waals surface area contributed by atoms with Crippen LogP contribution in [0.3, 0.4) is 0 Å². The smallest absolute Gasteiger partial charge is 0.303 e. The van der Waals surface area contributed by atoms with E-state index in [9.17, 15) is 4.79 Å². The van der Waals surface area contributed by atoms with Crippen molar-refractivity contribution in [1.29, 1.82) is 0 Å². The van der Waals surface area contributed by atoms with E-state index in [1.807, 2.05) is 13.0 Å². The maximum Gasteiger partial charge on any atom is 0.303 e. The van der Waals surface area contributed by atoms with Crippen LogP contribution >= 0.6 is 0 Å². The number of benzene rings is 1. The second-order valence-corrected chi connectivity index (χ2v) is 4.43. The van der Waals surface area contributed by atoms with Crippen LogP contribution < -0.4 is 14.2 Å². The van der Waals surface area contributed by atoms with Gasteiger partial charge in [0.15, 0.2) is 11.5 Å². The van der Waals surface area contributed by atoms with Gasteiger partial charge in [0.05, 0.1) is 21.3 Å². The fraction of sp³-hybridized carbons (Fsp3) is 0.500. The SMILES string of the molecule is COc1cc(OC)c(OC)cc1CC(C)CC(=O)O. The first-order valence-electron chi connectivity index (χ1n) is 6.02. The zero-order valence-corrected chi connectivity index (χ0v) is 11.7. The lowest BCUT2D eigenvalue weighted by molar-refractivity contribution is -0.137. The van der Waals surface area contributed by atoms with Gasteiger partial charge in [-0.2, -0.15) is 0 Å². The van der Waals surface area contributed by atoms with E-state index in [4.69, 9.17) is 19.3 Å². The van der Waals surface area contributed by atoms with Gasteiger partial charge in [0.25, 0.3) is 0 Å². The van der Waals surface area contributed by atoms with E-state index in [-0.39, 0.29) is 12.3 Å². The molecule has 0 aliphatic carbocycles. The number of carboxylic acids is 1. The fourth-order valence-electron chi connectivity index (χ4n) is 2.00. The first-order chi connectivity index (χ1) is 9.01. The average Bonchev–Trinajstić information content (AvgIpc) is 2.37. The molecule has 0 heterocycles. The fourth-order valence-corrected chi connectivity index (χ4v) is 2.00. The van der Waals surface area contributed by atoms with E-state index >= 15 is 0 Å². The Balaban J connectivity index is 3.01. The normalized spacial score (nSPS) is 11.8. The molecule has 0 amide bonds. The summed E-state index contributed by atoms with van der Waals surface area (Å²) in [6.07, 6.45) is 0.729. The zero-order valence-electron chi connectivity index (χ0n) is 11.7. The Morgan fingerprint density at radius 3 is 2.11 bits per heavy atom. The third kappa shape index (κ3) is 4.05. The number of hydrogen-bond acceptors (Lipinski definition) is 4. The standard InChI is InChI=1S/C14H20O5/c1-9(6-14(15)16)5-10-7-12(18-3)13(19-4)8-11(10)17-2/h7-9H,5-6H2,1-4H3,(H,15,16). The molecule has 1 N–H and O–H groups in total. The summed E-state index contributed by atoms with van der Waals surface area (Å²) < 4.78 is 15.8. The molecule has 0 aromatic heterocycles. The van der Waals surface area contributed by atoms with Crippen LogP contribution in [0.1, 0.15) is 18.9 Å². The lowest BCUT2D eigenvalue weighted by Gasteiger charge is -2.16. The molecule has 0 aliphatic heterocycles. The number of methoxy groups -OCH3 is 3. The van der Waals surface area contributed by atoms with Crippen molar-refractivity contribution in [2.24, 2.45) is 5.92 Å². The summed E-state index contributed by atoms with van der Waals surface area (Å²) in [7, 11) is 4.70. The van der Waals surface area contributed by atoms with Crippen LogP contribution in [0, 0.1) is 5.92 Å². The molecule has 0 bridgehead atoms. The molecule has 1 aromatic carbocycles. The Morgan fingerprint density at radius 1 is 1.11 bits per heavy atom. The van der Waals surface area contributed by atoms with Crippen molar-refractivity contribution in [3.63, 3.8) is 0 Å². The van der Waals surface area contributed by atoms with Crippen LogP contribution in [0.25, 0.3) is 0 Å². The molecule has 1 unspecified atom stereocenters. The molecular formula is C14H20O5. The van der Waals surface area contributed by atoms with Gasteiger partial charge in [0.1, 0.15) is 5.75 Å². The maximum absolute atomic E-state index is 10.7. The summed E-state index contributed by atoms with van der Waals surface area (Å²) in [6.45, 7) is 1.89. The molecule has 1 aromatic rings. The Labute approximate surface area is 113 Å². The molecule has 0 aliphatic rings. The van der Waals surface area contributed by atoms with Gasteiger partial charge in [-0.1, -0.05) is 6.92 Å². The predicted molar refractivity (Wildman–Crippen MR) is 71.2 cm³/mol. The lowest BCUT2D eigenvalue weighted by atomic mass is 9.97. The van der Waals surface area contributed by atoms with Crippen LogP contribution in [0.15, 0.2) is 12.1 Å². The number of aliphatic carboxylic acids is 1. The summed E-state index contributed by atoms with van der Waals surface area (Å²) in [4.78, 5) is 10.7. The van der Waals surface area contributed by atoms with Crippen LogP contribution in [0.2, 0.25) is 0 Å². The summed E-state index contributed by atoms with van der Waals surface area (Å²) >= 11 is 0. The zero-order chi connectivity index (χ0) is 14.4. The average molecular weight is 268 g/mol. The third-order valence-corrected chi connectivity index (χ3v) is 2.88. The Morgan fingerprint density at radius 2 is 1.63 bits per heavy atom. The van der Waals surface area contributed by atoms with Crippen molar-refractivity contribution < 1.29 is 24.1 Å². The molecule has 1 rings (SSSR count). The minimum Gasteiger partial charge on any atom is -0.496 e. The minimum atomic E-state index is -0.799. The van der Waals surface area contributed by atoms with Crippen molar-refractivity contribution in [1.82, 2.24) is 0 Å². The molecular weight excluding hydrogens is 248 g/mol. The second kappa shape index (κ2) is 6.87. The van der Waals surface area contributed by atoms with Crippen molar-refractivity contribution in [3.8, 4) is 17.2 Å². The third-order valence-electron chi connectivity index (χ3n) is 2.88. The Hall–Kier alpha value is -1.91. The van der Waals surface area contributed by atoms with E-state index < -0.39 is 5.97 Å². The van der Waals surface area contributed by atoms with Crippen LogP contribution in [0.4, 0.5) is 0 Å². The first-order valence-corrected chi connectivity index (χ1v) is 6.02. The first kappa shape index (κ1) is 15.1. The largest absolute Gasteiger partial charge is 0.496 e. The second-order valence-electron chi connectivity index (χ2n) is 4.43. The van der Waals surface area contributed by atoms with Crippen LogP contribution in [0.5, 0.6) is 17.2 Å². The highest BCUT2D eigenvalue weighted by atomic mass is 16.5. The molecule has 106 valence electrons. The van der Waals surface area contributed by atoms with Crippen molar-refractivity contribution in [2.45, 2.75) is 19.8 Å². The van der Waals surface area contributed by atoms with Crippen LogP contribution in [-0.4, -0.2) is 32.4 Å². The lowest BCUT2D eigenvalue weighted by Crippen LogP contribution is -2.08. The summed E-state index contributed by atoms with van der Waals surface area (Å²) in [5.74, 6) is 1.10. The number of carbonyl (C=O) groups is 1. The predicted octanol–water partition coefficient (Wildman–Crippen LogP) is 2.37. The molecule has 0 fully saturated rings. The van der Waals surface area contributed by atoms with Gasteiger partial charge < -0.3 is 19.3 Å². The Kier molecular flexibility index (Phi) is 5.48. The molecule has 19 heavy (non-hydrogen) atoms. The summed E-state index contributed by atoms with van der Waals surface area (Å²) in [5.41, 5.74) is 0.911.